The third kappa shape index (κ3) is 12.9. The molecule has 2 unspecified atom stereocenters. The number of aliphatic carboxylic acids is 1. The van der Waals surface area contributed by atoms with Crippen LogP contribution in [0, 0.1) is 0 Å². The molecule has 0 aliphatic carbocycles. The summed E-state index contributed by atoms with van der Waals surface area (Å²) in [4.78, 5) is 22.9. The first-order valence-corrected chi connectivity index (χ1v) is 8.49. The van der Waals surface area contributed by atoms with Gasteiger partial charge in [0.25, 0.3) is 0 Å². The van der Waals surface area contributed by atoms with Crippen LogP contribution >= 0.6 is 0 Å². The molecule has 0 fully saturated rings. The van der Waals surface area contributed by atoms with Crippen LogP contribution in [0.15, 0.2) is 36.5 Å². The zero-order valence-electron chi connectivity index (χ0n) is 16.2. The molecule has 0 heterocycles. The first-order chi connectivity index (χ1) is 11.6. The van der Waals surface area contributed by atoms with E-state index >= 15 is 0 Å². The second-order valence-electron chi connectivity index (χ2n) is 6.02. The Balaban J connectivity index is 0. The molecule has 0 aromatic heterocycles. The average Bonchev–Trinajstić information content (AvgIpc) is 2.51. The quantitative estimate of drug-likeness (QED) is 0.575. The second kappa shape index (κ2) is 13.2. The van der Waals surface area contributed by atoms with Crippen LogP contribution in [-0.2, 0) is 9.53 Å². The van der Waals surface area contributed by atoms with Gasteiger partial charge in [0.05, 0.1) is 6.04 Å². The number of nitrogens with one attached hydrogen (secondary N) is 1. The Morgan fingerprint density at radius 2 is 1.84 bits per heavy atom. The van der Waals surface area contributed by atoms with E-state index in [1.165, 1.54) is 0 Å². The van der Waals surface area contributed by atoms with Crippen LogP contribution in [-0.4, -0.2) is 40.0 Å². The van der Waals surface area contributed by atoms with Gasteiger partial charge in [0.2, 0.25) is 0 Å². The van der Waals surface area contributed by atoms with E-state index in [0.717, 1.165) is 12.0 Å². The normalized spacial score (nSPS) is 14.1. The molecular weight excluding hydrogens is 322 g/mol. The van der Waals surface area contributed by atoms with Crippen LogP contribution in [0.2, 0.25) is 0 Å². The first-order valence-electron chi connectivity index (χ1n) is 8.49. The van der Waals surface area contributed by atoms with E-state index in [1.54, 1.807) is 39.0 Å². The molecule has 0 bridgehead atoms. The maximum absolute atomic E-state index is 11.9. The van der Waals surface area contributed by atoms with Gasteiger partial charge in [-0.25, -0.2) is 9.59 Å². The van der Waals surface area contributed by atoms with Gasteiger partial charge in [-0.05, 0) is 39.2 Å². The number of carbonyl (C=O) groups excluding carboxylic acids is 1. The number of aliphatic hydroxyl groups excluding tert-OH is 1. The summed E-state index contributed by atoms with van der Waals surface area (Å²) in [5.74, 6) is -1.41. The van der Waals surface area contributed by atoms with E-state index in [4.69, 9.17) is 9.84 Å². The minimum Gasteiger partial charge on any atom is -0.479 e. The predicted molar refractivity (Wildman–Crippen MR) is 100 cm³/mol. The van der Waals surface area contributed by atoms with E-state index in [9.17, 15) is 14.7 Å². The summed E-state index contributed by atoms with van der Waals surface area (Å²) in [6.07, 6.45) is 5.33. The Labute approximate surface area is 151 Å². The van der Waals surface area contributed by atoms with E-state index in [2.05, 4.69) is 11.9 Å². The lowest BCUT2D eigenvalue weighted by atomic mass is 10.00. The van der Waals surface area contributed by atoms with Crippen molar-refractivity contribution in [3.63, 3.8) is 0 Å². The van der Waals surface area contributed by atoms with Crippen molar-refractivity contribution in [3.05, 3.63) is 36.5 Å². The standard InChI is InChI=1S/C17H27NO5.C2H6/c1-6-8-10-12(9-7-2)11-13(14(19)15(20)21)18-16(22)23-17(3,4)5;1-2/h6,8-10,13-14,19H,1,7,11H2,2-5H3,(H,18,22)(H,20,21);1-2H3/b10-8-,12-9?;. The Hall–Kier alpha value is -2.08. The van der Waals surface area contributed by atoms with E-state index in [0.29, 0.717) is 0 Å². The molecule has 0 saturated carbocycles. The number of hydrogen-bond acceptors (Lipinski definition) is 4. The molecule has 0 aromatic rings. The summed E-state index contributed by atoms with van der Waals surface area (Å²) in [7, 11) is 0. The highest BCUT2D eigenvalue weighted by Crippen LogP contribution is 2.14. The molecule has 3 N–H and O–H groups in total. The Kier molecular flexibility index (Phi) is 13.3. The fraction of sp³-hybridized carbons (Fsp3) is 0.579. The van der Waals surface area contributed by atoms with Crippen LogP contribution < -0.4 is 5.32 Å². The molecule has 1 amide bonds. The number of rotatable bonds is 8. The molecule has 0 aromatic carbocycles. The molecule has 0 saturated heterocycles. The molecule has 0 rings (SSSR count). The van der Waals surface area contributed by atoms with Crippen LogP contribution in [0.5, 0.6) is 0 Å². The third-order valence-electron chi connectivity index (χ3n) is 2.70. The van der Waals surface area contributed by atoms with Crippen LogP contribution in [0.4, 0.5) is 4.79 Å². The number of carbonyl (C=O) groups is 2. The predicted octanol–water partition coefficient (Wildman–Crippen LogP) is 3.82. The maximum atomic E-state index is 11.9. The van der Waals surface area contributed by atoms with Crippen LogP contribution in [0.1, 0.15) is 54.4 Å². The van der Waals surface area contributed by atoms with Gasteiger partial charge in [0.15, 0.2) is 6.10 Å². The van der Waals surface area contributed by atoms with E-state index in [1.807, 2.05) is 26.8 Å². The number of hydrogen-bond donors (Lipinski definition) is 3. The molecule has 0 radical (unpaired) electrons. The van der Waals surface area contributed by atoms with Gasteiger partial charge < -0.3 is 20.3 Å². The molecule has 25 heavy (non-hydrogen) atoms. The maximum Gasteiger partial charge on any atom is 0.407 e. The lowest BCUT2D eigenvalue weighted by Gasteiger charge is -2.25. The third-order valence-corrected chi connectivity index (χ3v) is 2.70. The lowest BCUT2D eigenvalue weighted by Crippen LogP contribution is -2.48. The number of allylic oxidation sites excluding steroid dienone is 4. The fourth-order valence-corrected chi connectivity index (χ4v) is 1.80. The van der Waals surface area contributed by atoms with Crippen molar-refractivity contribution in [2.45, 2.75) is 72.1 Å². The Morgan fingerprint density at radius 3 is 2.24 bits per heavy atom. The number of carboxylic acids is 1. The molecule has 0 aliphatic rings. The van der Waals surface area contributed by atoms with Crippen molar-refractivity contribution >= 4 is 12.1 Å². The molecule has 0 aliphatic heterocycles. The minimum atomic E-state index is -1.74. The van der Waals surface area contributed by atoms with Gasteiger partial charge in [0, 0.05) is 0 Å². The van der Waals surface area contributed by atoms with Crippen molar-refractivity contribution < 1.29 is 24.5 Å². The summed E-state index contributed by atoms with van der Waals surface area (Å²) >= 11 is 0. The van der Waals surface area contributed by atoms with Crippen LogP contribution in [0.3, 0.4) is 0 Å². The van der Waals surface area contributed by atoms with Gasteiger partial charge in [-0.15, -0.1) is 0 Å². The summed E-state index contributed by atoms with van der Waals surface area (Å²) in [5, 5.41) is 21.3. The Morgan fingerprint density at radius 1 is 1.28 bits per heavy atom. The SMILES string of the molecule is C=C/C=C\C(=CCC)CC(NC(=O)OC(C)(C)C)C(O)C(=O)O.CC. The van der Waals surface area contributed by atoms with Crippen molar-refractivity contribution in [2.75, 3.05) is 0 Å². The zero-order chi connectivity index (χ0) is 20.0. The highest BCUT2D eigenvalue weighted by Gasteiger charge is 2.29. The lowest BCUT2D eigenvalue weighted by molar-refractivity contribution is -0.148. The fourth-order valence-electron chi connectivity index (χ4n) is 1.80. The number of carboxylic acid groups (broad SMARTS) is 1. The molecule has 2 atom stereocenters. The largest absolute Gasteiger partial charge is 0.479 e. The first kappa shape index (κ1) is 25.2. The topological polar surface area (TPSA) is 95.9 Å². The molecule has 6 nitrogen and oxygen atoms in total. The van der Waals surface area contributed by atoms with Crippen LogP contribution in [0.25, 0.3) is 0 Å². The van der Waals surface area contributed by atoms with Gasteiger partial charge in [0.1, 0.15) is 5.60 Å². The smallest absolute Gasteiger partial charge is 0.407 e. The zero-order valence-corrected chi connectivity index (χ0v) is 16.2. The van der Waals surface area contributed by atoms with Gasteiger partial charge in [-0.1, -0.05) is 51.7 Å². The van der Waals surface area contributed by atoms with Gasteiger partial charge in [-0.3, -0.25) is 0 Å². The Bertz CT molecular complexity index is 475. The molecular formula is C19H33NO5. The number of ether oxygens (including phenoxy) is 1. The molecule has 144 valence electrons. The monoisotopic (exact) mass is 355 g/mol. The summed E-state index contributed by atoms with van der Waals surface area (Å²) in [6, 6.07) is -1.00. The second-order valence-corrected chi connectivity index (χ2v) is 6.02. The van der Waals surface area contributed by atoms with Crippen molar-refractivity contribution in [2.24, 2.45) is 0 Å². The van der Waals surface area contributed by atoms with Gasteiger partial charge >= 0.3 is 12.1 Å². The summed E-state index contributed by atoms with van der Waals surface area (Å²) < 4.78 is 5.11. The minimum absolute atomic E-state index is 0.158. The molecule has 0 spiro atoms. The van der Waals surface area contributed by atoms with E-state index < -0.39 is 29.8 Å². The number of aliphatic hydroxyl groups is 1. The van der Waals surface area contributed by atoms with Crippen molar-refractivity contribution in [1.82, 2.24) is 5.32 Å². The van der Waals surface area contributed by atoms with Crippen molar-refractivity contribution in [3.8, 4) is 0 Å². The summed E-state index contributed by atoms with van der Waals surface area (Å²) in [6.45, 7) is 14.6. The number of alkyl carbamates (subject to hydrolysis) is 1. The summed E-state index contributed by atoms with van der Waals surface area (Å²) in [5.41, 5.74) is 0.0712. The number of amides is 1. The highest BCUT2D eigenvalue weighted by molar-refractivity contribution is 5.75. The van der Waals surface area contributed by atoms with E-state index in [-0.39, 0.29) is 6.42 Å². The van der Waals surface area contributed by atoms with Gasteiger partial charge in [-0.2, -0.15) is 0 Å². The van der Waals surface area contributed by atoms with Crippen molar-refractivity contribution in [1.29, 1.82) is 0 Å². The average molecular weight is 355 g/mol. The molecule has 6 heteroatoms. The highest BCUT2D eigenvalue weighted by atomic mass is 16.6.